The van der Waals surface area contributed by atoms with Gasteiger partial charge in [0.25, 0.3) is 0 Å². The predicted molar refractivity (Wildman–Crippen MR) is 78.8 cm³/mol. The molecule has 0 spiro atoms. The van der Waals surface area contributed by atoms with E-state index in [1.54, 1.807) is 0 Å². The first-order valence-corrected chi connectivity index (χ1v) is 7.09. The molecule has 1 atom stereocenters. The van der Waals surface area contributed by atoms with Crippen LogP contribution in [0.15, 0.2) is 46.9 Å². The van der Waals surface area contributed by atoms with Crippen molar-refractivity contribution in [1.82, 2.24) is 0 Å². The third kappa shape index (κ3) is 2.63. The van der Waals surface area contributed by atoms with Crippen LogP contribution >= 0.6 is 15.9 Å². The van der Waals surface area contributed by atoms with E-state index in [9.17, 15) is 5.26 Å². The van der Waals surface area contributed by atoms with Gasteiger partial charge in [0.05, 0.1) is 12.0 Å². The van der Waals surface area contributed by atoms with E-state index >= 15 is 0 Å². The van der Waals surface area contributed by atoms with Gasteiger partial charge in [-0.15, -0.1) is 0 Å². The van der Waals surface area contributed by atoms with Crippen LogP contribution in [-0.2, 0) is 6.42 Å². The van der Waals surface area contributed by atoms with E-state index in [1.165, 1.54) is 0 Å². The van der Waals surface area contributed by atoms with E-state index in [2.05, 4.69) is 22.0 Å². The molecule has 2 aromatic carbocycles. The zero-order chi connectivity index (χ0) is 13.9. The number of hydrogen-bond donors (Lipinski definition) is 0. The van der Waals surface area contributed by atoms with Crippen LogP contribution < -0.4 is 9.47 Å². The standard InChI is InChI=1S/C16H12BrNO2/c17-14-4-1-11(2-5-14)7-13(9-18)12-3-6-15-16(8-12)20-10-19-15/h1-6,8,13H,7,10H2. The highest BCUT2D eigenvalue weighted by Crippen LogP contribution is 2.35. The number of nitriles is 1. The summed E-state index contributed by atoms with van der Waals surface area (Å²) in [6, 6.07) is 16.1. The fourth-order valence-corrected chi connectivity index (χ4v) is 2.49. The maximum absolute atomic E-state index is 9.41. The second kappa shape index (κ2) is 5.56. The van der Waals surface area contributed by atoms with Gasteiger partial charge >= 0.3 is 0 Å². The Morgan fingerprint density at radius 2 is 1.85 bits per heavy atom. The number of fused-ring (bicyclic) bond motifs is 1. The minimum absolute atomic E-state index is 0.189. The summed E-state index contributed by atoms with van der Waals surface area (Å²) < 4.78 is 11.7. The Kier molecular flexibility index (Phi) is 3.62. The second-order valence-corrected chi connectivity index (χ2v) is 5.54. The average molecular weight is 330 g/mol. The predicted octanol–water partition coefficient (Wildman–Crippen LogP) is 4.03. The monoisotopic (exact) mass is 329 g/mol. The van der Waals surface area contributed by atoms with Crippen molar-refractivity contribution < 1.29 is 9.47 Å². The topological polar surface area (TPSA) is 42.2 Å². The van der Waals surface area contributed by atoms with Gasteiger partial charge < -0.3 is 9.47 Å². The molecule has 0 saturated carbocycles. The lowest BCUT2D eigenvalue weighted by atomic mass is 9.93. The highest BCUT2D eigenvalue weighted by atomic mass is 79.9. The molecular weight excluding hydrogens is 318 g/mol. The number of benzene rings is 2. The third-order valence-electron chi connectivity index (χ3n) is 3.31. The Bertz CT molecular complexity index is 661. The molecule has 1 heterocycles. The molecule has 0 fully saturated rings. The lowest BCUT2D eigenvalue weighted by Crippen LogP contribution is -2.00. The van der Waals surface area contributed by atoms with Gasteiger partial charge in [0, 0.05) is 4.47 Å². The molecule has 20 heavy (non-hydrogen) atoms. The van der Waals surface area contributed by atoms with Gasteiger partial charge in [0.1, 0.15) is 0 Å². The summed E-state index contributed by atoms with van der Waals surface area (Å²) in [5.74, 6) is 1.28. The van der Waals surface area contributed by atoms with Crippen LogP contribution in [0.3, 0.4) is 0 Å². The summed E-state index contributed by atoms with van der Waals surface area (Å²) in [6.45, 7) is 0.253. The SMILES string of the molecule is N#CC(Cc1ccc(Br)cc1)c1ccc2c(c1)OCO2. The number of nitrogens with zero attached hydrogens (tertiary/aromatic N) is 1. The average Bonchev–Trinajstić information content (AvgIpc) is 2.94. The van der Waals surface area contributed by atoms with Crippen molar-refractivity contribution in [2.24, 2.45) is 0 Å². The van der Waals surface area contributed by atoms with E-state index in [0.29, 0.717) is 6.42 Å². The molecule has 0 N–H and O–H groups in total. The minimum atomic E-state index is -0.189. The largest absolute Gasteiger partial charge is 0.454 e. The van der Waals surface area contributed by atoms with Crippen LogP contribution in [0.4, 0.5) is 0 Å². The second-order valence-electron chi connectivity index (χ2n) is 4.62. The van der Waals surface area contributed by atoms with Gasteiger partial charge in [-0.05, 0) is 41.8 Å². The van der Waals surface area contributed by atoms with Gasteiger partial charge in [-0.2, -0.15) is 5.26 Å². The zero-order valence-corrected chi connectivity index (χ0v) is 12.3. The summed E-state index contributed by atoms with van der Waals surface area (Å²) in [5, 5.41) is 9.41. The molecule has 0 amide bonds. The number of hydrogen-bond acceptors (Lipinski definition) is 3. The molecule has 0 aliphatic carbocycles. The lowest BCUT2D eigenvalue weighted by Gasteiger charge is -2.10. The maximum atomic E-state index is 9.41. The number of ether oxygens (including phenoxy) is 2. The van der Waals surface area contributed by atoms with Crippen molar-refractivity contribution in [3.05, 3.63) is 58.1 Å². The first-order chi connectivity index (χ1) is 9.76. The van der Waals surface area contributed by atoms with E-state index in [0.717, 1.165) is 27.1 Å². The molecule has 1 unspecified atom stereocenters. The van der Waals surface area contributed by atoms with Crippen molar-refractivity contribution in [1.29, 1.82) is 5.26 Å². The van der Waals surface area contributed by atoms with Crippen molar-refractivity contribution in [2.45, 2.75) is 12.3 Å². The molecule has 2 aromatic rings. The maximum Gasteiger partial charge on any atom is 0.231 e. The molecule has 1 aliphatic heterocycles. The Balaban J connectivity index is 1.83. The van der Waals surface area contributed by atoms with Crippen LogP contribution in [-0.4, -0.2) is 6.79 Å². The highest BCUT2D eigenvalue weighted by molar-refractivity contribution is 9.10. The fraction of sp³-hybridized carbons (Fsp3) is 0.188. The van der Waals surface area contributed by atoms with E-state index in [4.69, 9.17) is 9.47 Å². The lowest BCUT2D eigenvalue weighted by molar-refractivity contribution is 0.174. The van der Waals surface area contributed by atoms with Gasteiger partial charge in [0.15, 0.2) is 11.5 Å². The van der Waals surface area contributed by atoms with E-state index in [-0.39, 0.29) is 12.7 Å². The van der Waals surface area contributed by atoms with Crippen LogP contribution in [0.25, 0.3) is 0 Å². The first-order valence-electron chi connectivity index (χ1n) is 6.30. The van der Waals surface area contributed by atoms with E-state index < -0.39 is 0 Å². The molecule has 4 heteroatoms. The summed E-state index contributed by atoms with van der Waals surface area (Å²) in [4.78, 5) is 0. The molecule has 0 bridgehead atoms. The van der Waals surface area contributed by atoms with Crippen molar-refractivity contribution >= 4 is 15.9 Å². The quantitative estimate of drug-likeness (QED) is 0.853. The van der Waals surface area contributed by atoms with Crippen molar-refractivity contribution in [2.75, 3.05) is 6.79 Å². The van der Waals surface area contributed by atoms with Crippen LogP contribution in [0.1, 0.15) is 17.0 Å². The van der Waals surface area contributed by atoms with Gasteiger partial charge in [0.2, 0.25) is 6.79 Å². The van der Waals surface area contributed by atoms with E-state index in [1.807, 2.05) is 42.5 Å². The number of rotatable bonds is 3. The molecular formula is C16H12BrNO2. The molecule has 0 saturated heterocycles. The van der Waals surface area contributed by atoms with Gasteiger partial charge in [-0.3, -0.25) is 0 Å². The Labute approximate surface area is 125 Å². The number of halogens is 1. The summed E-state index contributed by atoms with van der Waals surface area (Å²) in [5.41, 5.74) is 2.09. The van der Waals surface area contributed by atoms with Gasteiger partial charge in [-0.25, -0.2) is 0 Å². The molecule has 100 valence electrons. The third-order valence-corrected chi connectivity index (χ3v) is 3.84. The first kappa shape index (κ1) is 13.0. The molecule has 1 aliphatic rings. The fourth-order valence-electron chi connectivity index (χ4n) is 2.22. The normalized spacial score (nSPS) is 13.8. The summed E-state index contributed by atoms with van der Waals surface area (Å²) in [6.07, 6.45) is 0.684. The molecule has 0 aromatic heterocycles. The minimum Gasteiger partial charge on any atom is -0.454 e. The molecule has 0 radical (unpaired) electrons. The molecule has 3 rings (SSSR count). The Morgan fingerprint density at radius 3 is 2.60 bits per heavy atom. The summed E-state index contributed by atoms with van der Waals surface area (Å²) in [7, 11) is 0. The van der Waals surface area contributed by atoms with Crippen molar-refractivity contribution in [3.63, 3.8) is 0 Å². The summed E-state index contributed by atoms with van der Waals surface area (Å²) >= 11 is 3.41. The smallest absolute Gasteiger partial charge is 0.231 e. The van der Waals surface area contributed by atoms with Crippen LogP contribution in [0.2, 0.25) is 0 Å². The zero-order valence-electron chi connectivity index (χ0n) is 10.7. The van der Waals surface area contributed by atoms with Gasteiger partial charge in [-0.1, -0.05) is 34.1 Å². The van der Waals surface area contributed by atoms with Crippen molar-refractivity contribution in [3.8, 4) is 17.6 Å². The molecule has 3 nitrogen and oxygen atoms in total. The highest BCUT2D eigenvalue weighted by Gasteiger charge is 2.18. The van der Waals surface area contributed by atoms with Crippen LogP contribution in [0, 0.1) is 11.3 Å². The van der Waals surface area contributed by atoms with Crippen LogP contribution in [0.5, 0.6) is 11.5 Å². The Hall–Kier alpha value is -1.99. The Morgan fingerprint density at radius 1 is 1.10 bits per heavy atom.